The highest BCUT2D eigenvalue weighted by atomic mass is 32.1. The summed E-state index contributed by atoms with van der Waals surface area (Å²) in [6.07, 6.45) is 13.7. The quantitative estimate of drug-likeness (QED) is 0.369. The van der Waals surface area contributed by atoms with Crippen molar-refractivity contribution in [1.29, 1.82) is 0 Å². The SMILES string of the molecule is CCCCCCCCCCCC[C@H](CS)C(=O)O. The first kappa shape index (κ1) is 17.8. The molecule has 0 aromatic carbocycles. The van der Waals surface area contributed by atoms with Gasteiger partial charge in [0.2, 0.25) is 0 Å². The minimum atomic E-state index is -0.694. The summed E-state index contributed by atoms with van der Waals surface area (Å²) >= 11 is 4.07. The molecular weight excluding hydrogens is 244 g/mol. The zero-order valence-electron chi connectivity index (χ0n) is 11.9. The molecule has 2 nitrogen and oxygen atoms in total. The second-order valence-electron chi connectivity index (χ2n) is 5.19. The fourth-order valence-corrected chi connectivity index (χ4v) is 2.51. The number of hydrogen-bond donors (Lipinski definition) is 2. The van der Waals surface area contributed by atoms with Gasteiger partial charge in [0.05, 0.1) is 5.92 Å². The van der Waals surface area contributed by atoms with Gasteiger partial charge < -0.3 is 5.11 Å². The smallest absolute Gasteiger partial charge is 0.307 e. The van der Waals surface area contributed by atoms with E-state index in [-0.39, 0.29) is 5.92 Å². The number of carboxylic acid groups (broad SMARTS) is 1. The number of unbranched alkanes of at least 4 members (excludes halogenated alkanes) is 9. The van der Waals surface area contributed by atoms with Gasteiger partial charge in [-0.25, -0.2) is 0 Å². The van der Waals surface area contributed by atoms with E-state index in [9.17, 15) is 4.79 Å². The number of carboxylic acids is 1. The average Bonchev–Trinajstić information content (AvgIpc) is 2.35. The Morgan fingerprint density at radius 3 is 1.78 bits per heavy atom. The van der Waals surface area contributed by atoms with Crippen LogP contribution in [0, 0.1) is 5.92 Å². The van der Waals surface area contributed by atoms with Gasteiger partial charge in [0, 0.05) is 5.75 Å². The number of aliphatic carboxylic acids is 1. The highest BCUT2D eigenvalue weighted by Crippen LogP contribution is 2.14. The van der Waals surface area contributed by atoms with E-state index in [1.165, 1.54) is 57.8 Å². The second-order valence-corrected chi connectivity index (χ2v) is 5.55. The molecule has 1 N–H and O–H groups in total. The molecule has 0 radical (unpaired) electrons. The van der Waals surface area contributed by atoms with Crippen LogP contribution in [0.3, 0.4) is 0 Å². The molecule has 0 fully saturated rings. The molecule has 0 amide bonds. The molecule has 0 aliphatic heterocycles. The van der Waals surface area contributed by atoms with E-state index >= 15 is 0 Å². The minimum absolute atomic E-state index is 0.248. The molecule has 0 aromatic rings. The van der Waals surface area contributed by atoms with E-state index in [1.54, 1.807) is 0 Å². The normalized spacial score (nSPS) is 12.6. The van der Waals surface area contributed by atoms with Crippen LogP contribution in [-0.4, -0.2) is 16.8 Å². The van der Waals surface area contributed by atoms with Gasteiger partial charge in [-0.15, -0.1) is 0 Å². The monoisotopic (exact) mass is 274 g/mol. The van der Waals surface area contributed by atoms with E-state index in [0.717, 1.165) is 12.8 Å². The zero-order chi connectivity index (χ0) is 13.6. The van der Waals surface area contributed by atoms with Gasteiger partial charge >= 0.3 is 5.97 Å². The van der Waals surface area contributed by atoms with Crippen molar-refractivity contribution in [3.05, 3.63) is 0 Å². The molecule has 0 rings (SSSR count). The third-order valence-electron chi connectivity index (χ3n) is 3.48. The van der Waals surface area contributed by atoms with Crippen LogP contribution in [0.25, 0.3) is 0 Å². The first-order chi connectivity index (χ1) is 8.72. The van der Waals surface area contributed by atoms with Crippen molar-refractivity contribution >= 4 is 18.6 Å². The molecule has 0 spiro atoms. The van der Waals surface area contributed by atoms with E-state index < -0.39 is 5.97 Å². The van der Waals surface area contributed by atoms with Gasteiger partial charge in [0.15, 0.2) is 0 Å². The van der Waals surface area contributed by atoms with Crippen LogP contribution in [0.2, 0.25) is 0 Å². The van der Waals surface area contributed by atoms with Crippen LogP contribution in [0.5, 0.6) is 0 Å². The fourth-order valence-electron chi connectivity index (χ4n) is 2.17. The standard InChI is InChI=1S/C15H30O2S/c1-2-3-4-5-6-7-8-9-10-11-12-14(13-18)15(16)17/h14,18H,2-13H2,1H3,(H,16,17)/t14-/m1/s1. The molecule has 1 atom stereocenters. The Morgan fingerprint density at radius 1 is 0.944 bits per heavy atom. The Hall–Kier alpha value is -0.180. The molecular formula is C15H30O2S. The van der Waals surface area contributed by atoms with Gasteiger partial charge in [-0.3, -0.25) is 4.79 Å². The summed E-state index contributed by atoms with van der Waals surface area (Å²) < 4.78 is 0. The van der Waals surface area contributed by atoms with Crippen molar-refractivity contribution < 1.29 is 9.90 Å². The molecule has 0 aliphatic rings. The van der Waals surface area contributed by atoms with Crippen LogP contribution in [0.4, 0.5) is 0 Å². The van der Waals surface area contributed by atoms with Gasteiger partial charge in [-0.1, -0.05) is 71.1 Å². The fraction of sp³-hybridized carbons (Fsp3) is 0.933. The summed E-state index contributed by atoms with van der Waals surface area (Å²) in [6.45, 7) is 2.25. The van der Waals surface area contributed by atoms with Crippen LogP contribution in [0.1, 0.15) is 77.6 Å². The minimum Gasteiger partial charge on any atom is -0.481 e. The lowest BCUT2D eigenvalue weighted by Crippen LogP contribution is -2.14. The molecule has 3 heteroatoms. The number of rotatable bonds is 13. The van der Waals surface area contributed by atoms with Crippen molar-refractivity contribution in [2.45, 2.75) is 77.6 Å². The van der Waals surface area contributed by atoms with Crippen molar-refractivity contribution in [2.24, 2.45) is 5.92 Å². The van der Waals surface area contributed by atoms with Gasteiger partial charge in [-0.2, -0.15) is 12.6 Å². The highest BCUT2D eigenvalue weighted by molar-refractivity contribution is 7.80. The number of carbonyl (C=O) groups is 1. The van der Waals surface area contributed by atoms with E-state index in [0.29, 0.717) is 5.75 Å². The Bertz CT molecular complexity index is 195. The first-order valence-corrected chi connectivity index (χ1v) is 8.19. The largest absolute Gasteiger partial charge is 0.481 e. The van der Waals surface area contributed by atoms with Crippen molar-refractivity contribution in [1.82, 2.24) is 0 Å². The van der Waals surface area contributed by atoms with Gasteiger partial charge in [0.1, 0.15) is 0 Å². The van der Waals surface area contributed by atoms with E-state index in [1.807, 2.05) is 0 Å². The maximum atomic E-state index is 10.8. The van der Waals surface area contributed by atoms with Gasteiger partial charge in [0.25, 0.3) is 0 Å². The van der Waals surface area contributed by atoms with Crippen molar-refractivity contribution in [2.75, 3.05) is 5.75 Å². The predicted molar refractivity (Wildman–Crippen MR) is 81.4 cm³/mol. The lowest BCUT2D eigenvalue weighted by molar-refractivity contribution is -0.141. The topological polar surface area (TPSA) is 37.3 Å². The van der Waals surface area contributed by atoms with Crippen LogP contribution < -0.4 is 0 Å². The molecule has 0 bridgehead atoms. The summed E-state index contributed by atoms with van der Waals surface area (Å²) in [4.78, 5) is 10.8. The van der Waals surface area contributed by atoms with Crippen molar-refractivity contribution in [3.63, 3.8) is 0 Å². The summed E-state index contributed by atoms with van der Waals surface area (Å²) in [5.41, 5.74) is 0. The molecule has 18 heavy (non-hydrogen) atoms. The maximum Gasteiger partial charge on any atom is 0.307 e. The number of thiol groups is 1. The third-order valence-corrected chi connectivity index (χ3v) is 3.92. The second kappa shape index (κ2) is 13.3. The summed E-state index contributed by atoms with van der Waals surface area (Å²) in [5, 5.41) is 8.87. The van der Waals surface area contributed by atoms with Crippen LogP contribution >= 0.6 is 12.6 Å². The van der Waals surface area contributed by atoms with Crippen molar-refractivity contribution in [3.8, 4) is 0 Å². The number of hydrogen-bond acceptors (Lipinski definition) is 2. The Morgan fingerprint density at radius 2 is 1.39 bits per heavy atom. The van der Waals surface area contributed by atoms with E-state index in [2.05, 4.69) is 19.6 Å². The molecule has 0 aromatic heterocycles. The Balaban J connectivity index is 3.18. The molecule has 0 aliphatic carbocycles. The molecule has 0 saturated carbocycles. The van der Waals surface area contributed by atoms with Crippen LogP contribution in [-0.2, 0) is 4.79 Å². The Labute approximate surface area is 118 Å². The zero-order valence-corrected chi connectivity index (χ0v) is 12.8. The maximum absolute atomic E-state index is 10.8. The molecule has 0 heterocycles. The van der Waals surface area contributed by atoms with Gasteiger partial charge in [-0.05, 0) is 6.42 Å². The lowest BCUT2D eigenvalue weighted by Gasteiger charge is -2.08. The van der Waals surface area contributed by atoms with E-state index in [4.69, 9.17) is 5.11 Å². The molecule has 0 saturated heterocycles. The highest BCUT2D eigenvalue weighted by Gasteiger charge is 2.14. The molecule has 0 unspecified atom stereocenters. The first-order valence-electron chi connectivity index (χ1n) is 7.56. The third kappa shape index (κ3) is 10.9. The summed E-state index contributed by atoms with van der Waals surface area (Å²) in [5.74, 6) is -0.476. The predicted octanol–water partition coefficient (Wildman–Crippen LogP) is 4.93. The summed E-state index contributed by atoms with van der Waals surface area (Å²) in [6, 6.07) is 0. The summed E-state index contributed by atoms with van der Waals surface area (Å²) in [7, 11) is 0. The average molecular weight is 274 g/mol. The lowest BCUT2D eigenvalue weighted by atomic mass is 10.0. The van der Waals surface area contributed by atoms with Crippen LogP contribution in [0.15, 0.2) is 0 Å². The Kier molecular flexibility index (Phi) is 13.1. The molecule has 108 valence electrons.